The minimum atomic E-state index is -2.79. The molecule has 0 aromatic heterocycles. The Kier molecular flexibility index (Phi) is 8.03. The Morgan fingerprint density at radius 3 is 2.27 bits per heavy atom. The molecule has 1 aromatic carbocycles. The van der Waals surface area contributed by atoms with Gasteiger partial charge in [-0.3, -0.25) is 13.9 Å². The molecule has 1 aliphatic heterocycles. The van der Waals surface area contributed by atoms with Gasteiger partial charge in [0.25, 0.3) is 0 Å². The highest BCUT2D eigenvalue weighted by atomic mass is 32.5. The molecule has 0 atom stereocenters. The monoisotopic (exact) mass is 400 g/mol. The van der Waals surface area contributed by atoms with Crippen molar-refractivity contribution in [2.45, 2.75) is 33.6 Å². The van der Waals surface area contributed by atoms with E-state index in [0.717, 1.165) is 31.5 Å². The molecule has 0 N–H and O–H groups in total. The highest BCUT2D eigenvalue weighted by molar-refractivity contribution is 8.07. The summed E-state index contributed by atoms with van der Waals surface area (Å²) in [6.45, 7) is 4.97. The molecule has 0 radical (unpaired) electrons. The van der Waals surface area contributed by atoms with E-state index in [1.807, 2.05) is 26.0 Å². The van der Waals surface area contributed by atoms with Gasteiger partial charge in [0, 0.05) is 24.9 Å². The van der Waals surface area contributed by atoms with Gasteiger partial charge in [0.2, 0.25) is 0 Å². The maximum absolute atomic E-state index is 11.9. The van der Waals surface area contributed by atoms with Gasteiger partial charge in [0.05, 0.1) is 18.9 Å². The molecule has 2 rings (SSSR count). The van der Waals surface area contributed by atoms with Crippen LogP contribution in [-0.2, 0) is 25.7 Å². The number of benzene rings is 1. The first-order chi connectivity index (χ1) is 12.5. The van der Waals surface area contributed by atoms with E-state index in [-0.39, 0.29) is 0 Å². The highest BCUT2D eigenvalue weighted by Gasteiger charge is 2.21. The van der Waals surface area contributed by atoms with E-state index in [9.17, 15) is 4.79 Å². The van der Waals surface area contributed by atoms with Gasteiger partial charge in [-0.2, -0.15) is 0 Å². The van der Waals surface area contributed by atoms with Gasteiger partial charge in [-0.05, 0) is 63.4 Å². The minimum Gasteiger partial charge on any atom is -0.424 e. The molecule has 0 spiro atoms. The Hall–Kier alpha value is -1.47. The number of oxime groups is 1. The standard InChI is InChI=1S/C17H25N2O5PS/c1-4-21-25(26,22-5-2)24-16-10-8-15(9-11-16)14(3)18-23-17(20)19-12-6-7-13-19/h8-11H,4-7,12-13H2,1-3H3/b18-14-. The molecule has 1 heterocycles. The van der Waals surface area contributed by atoms with Crippen LogP contribution in [0.15, 0.2) is 29.4 Å². The van der Waals surface area contributed by atoms with Gasteiger partial charge in [-0.15, -0.1) is 0 Å². The van der Waals surface area contributed by atoms with Crippen LogP contribution in [0.5, 0.6) is 5.75 Å². The molecule has 0 aliphatic carbocycles. The Morgan fingerprint density at radius 2 is 1.73 bits per heavy atom. The van der Waals surface area contributed by atoms with Crippen LogP contribution >= 0.6 is 6.72 Å². The fourth-order valence-electron chi connectivity index (χ4n) is 2.41. The third-order valence-electron chi connectivity index (χ3n) is 3.69. The Morgan fingerprint density at radius 1 is 1.15 bits per heavy atom. The van der Waals surface area contributed by atoms with E-state index < -0.39 is 12.8 Å². The molecule has 1 fully saturated rings. The lowest BCUT2D eigenvalue weighted by molar-refractivity contribution is 0.114. The molecule has 1 saturated heterocycles. The molecular weight excluding hydrogens is 375 g/mol. The minimum absolute atomic E-state index is 0.407. The number of amides is 1. The van der Waals surface area contributed by atoms with Crippen LogP contribution in [0.3, 0.4) is 0 Å². The zero-order valence-electron chi connectivity index (χ0n) is 15.3. The first kappa shape index (κ1) is 20.8. The smallest absolute Gasteiger partial charge is 0.424 e. The number of nitrogens with zero attached hydrogens (tertiary/aromatic N) is 2. The average molecular weight is 400 g/mol. The van der Waals surface area contributed by atoms with Crippen molar-refractivity contribution >= 4 is 30.3 Å². The van der Waals surface area contributed by atoms with Crippen molar-refractivity contribution in [1.82, 2.24) is 4.90 Å². The summed E-state index contributed by atoms with van der Waals surface area (Å²) in [5.41, 5.74) is 1.41. The lowest BCUT2D eigenvalue weighted by atomic mass is 10.1. The van der Waals surface area contributed by atoms with Crippen LogP contribution in [0.25, 0.3) is 0 Å². The van der Waals surface area contributed by atoms with Crippen molar-refractivity contribution in [3.05, 3.63) is 29.8 Å². The number of carbonyl (C=O) groups is 1. The highest BCUT2D eigenvalue weighted by Crippen LogP contribution is 2.49. The van der Waals surface area contributed by atoms with Crippen LogP contribution in [0, 0.1) is 0 Å². The maximum Gasteiger partial charge on any atom is 0.435 e. The van der Waals surface area contributed by atoms with Crippen LogP contribution in [0.1, 0.15) is 39.2 Å². The van der Waals surface area contributed by atoms with Gasteiger partial charge in [-0.1, -0.05) is 5.16 Å². The summed E-state index contributed by atoms with van der Waals surface area (Å²) in [7, 11) is 0. The molecular formula is C17H25N2O5PS. The van der Waals surface area contributed by atoms with E-state index in [2.05, 4.69) is 5.16 Å². The van der Waals surface area contributed by atoms with Crippen LogP contribution < -0.4 is 4.52 Å². The summed E-state index contributed by atoms with van der Waals surface area (Å²) in [4.78, 5) is 18.5. The number of hydrogen-bond donors (Lipinski definition) is 0. The van der Waals surface area contributed by atoms with Crippen molar-refractivity contribution in [3.63, 3.8) is 0 Å². The molecule has 1 aliphatic rings. The van der Waals surface area contributed by atoms with E-state index in [1.54, 1.807) is 24.0 Å². The predicted molar refractivity (Wildman–Crippen MR) is 104 cm³/mol. The summed E-state index contributed by atoms with van der Waals surface area (Å²) in [6, 6.07) is 7.15. The zero-order chi connectivity index (χ0) is 19.0. The first-order valence-electron chi connectivity index (χ1n) is 8.67. The molecule has 9 heteroatoms. The molecule has 1 aromatic rings. The quantitative estimate of drug-likeness (QED) is 0.280. The van der Waals surface area contributed by atoms with Gasteiger partial charge in [0.15, 0.2) is 0 Å². The van der Waals surface area contributed by atoms with Crippen molar-refractivity contribution in [2.75, 3.05) is 26.3 Å². The average Bonchev–Trinajstić information content (AvgIpc) is 3.15. The van der Waals surface area contributed by atoms with Crippen LogP contribution in [-0.4, -0.2) is 43.0 Å². The molecule has 0 unspecified atom stereocenters. The second kappa shape index (κ2) is 10.0. The molecule has 26 heavy (non-hydrogen) atoms. The molecule has 1 amide bonds. The number of hydrogen-bond acceptors (Lipinski definition) is 7. The fraction of sp³-hybridized carbons (Fsp3) is 0.529. The molecule has 7 nitrogen and oxygen atoms in total. The van der Waals surface area contributed by atoms with Gasteiger partial charge in [0.1, 0.15) is 5.75 Å². The topological polar surface area (TPSA) is 69.6 Å². The number of likely N-dealkylation sites (tertiary alicyclic amines) is 1. The zero-order valence-corrected chi connectivity index (χ0v) is 17.1. The Bertz CT molecular complexity index is 664. The maximum atomic E-state index is 11.9. The molecule has 0 bridgehead atoms. The van der Waals surface area contributed by atoms with Crippen molar-refractivity contribution in [2.24, 2.45) is 5.16 Å². The number of carbonyl (C=O) groups excluding carboxylic acids is 1. The Balaban J connectivity index is 1.97. The number of rotatable bonds is 8. The van der Waals surface area contributed by atoms with E-state index in [0.29, 0.717) is 24.7 Å². The van der Waals surface area contributed by atoms with Gasteiger partial charge >= 0.3 is 12.8 Å². The SMILES string of the molecule is CCOP(=S)(OCC)Oc1ccc(/C(C)=N\OC(=O)N2CCCC2)cc1. The second-order valence-corrected chi connectivity index (χ2v) is 8.56. The summed E-state index contributed by atoms with van der Waals surface area (Å²) in [5, 5.41) is 3.92. The van der Waals surface area contributed by atoms with Crippen molar-refractivity contribution < 1.29 is 23.2 Å². The first-order valence-corrected chi connectivity index (χ1v) is 11.2. The largest absolute Gasteiger partial charge is 0.435 e. The van der Waals surface area contributed by atoms with Crippen molar-refractivity contribution in [1.29, 1.82) is 0 Å². The summed E-state index contributed by atoms with van der Waals surface area (Å²) in [5.74, 6) is 0.556. The third kappa shape index (κ3) is 6.06. The second-order valence-electron chi connectivity index (χ2n) is 5.63. The van der Waals surface area contributed by atoms with Gasteiger partial charge in [-0.25, -0.2) is 4.79 Å². The third-order valence-corrected chi connectivity index (χ3v) is 6.13. The van der Waals surface area contributed by atoms with Crippen molar-refractivity contribution in [3.8, 4) is 5.75 Å². The summed E-state index contributed by atoms with van der Waals surface area (Å²) >= 11 is 5.35. The van der Waals surface area contributed by atoms with E-state index in [1.165, 1.54) is 0 Å². The van der Waals surface area contributed by atoms with Gasteiger partial charge < -0.3 is 9.42 Å². The lowest BCUT2D eigenvalue weighted by Gasteiger charge is -2.21. The van der Waals surface area contributed by atoms with E-state index in [4.69, 9.17) is 30.2 Å². The van der Waals surface area contributed by atoms with E-state index >= 15 is 0 Å². The summed E-state index contributed by atoms with van der Waals surface area (Å²) < 4.78 is 16.7. The normalized spacial score (nSPS) is 15.2. The predicted octanol–water partition coefficient (Wildman–Crippen LogP) is 4.32. The Labute approximate surface area is 159 Å². The van der Waals surface area contributed by atoms with Crippen LogP contribution in [0.2, 0.25) is 0 Å². The lowest BCUT2D eigenvalue weighted by Crippen LogP contribution is -2.27. The fourth-order valence-corrected chi connectivity index (χ4v) is 4.49. The van der Waals surface area contributed by atoms with Crippen LogP contribution in [0.4, 0.5) is 4.79 Å². The summed E-state index contributed by atoms with van der Waals surface area (Å²) in [6.07, 6.45) is 1.61. The molecule has 0 saturated carbocycles. The molecule has 144 valence electrons.